The highest BCUT2D eigenvalue weighted by molar-refractivity contribution is 6.10. The Morgan fingerprint density at radius 2 is 2.31 bits per heavy atom. The molecule has 0 aliphatic carbocycles. The number of hydrogen-bond donors (Lipinski definition) is 2. The van der Waals surface area contributed by atoms with Gasteiger partial charge in [0.1, 0.15) is 7.85 Å². The minimum atomic E-state index is -0.422. The summed E-state index contributed by atoms with van der Waals surface area (Å²) in [5, 5.41) is 18.3. The van der Waals surface area contributed by atoms with Crippen molar-refractivity contribution in [3.8, 4) is 0 Å². The minimum absolute atomic E-state index is 0.0605. The number of rotatable bonds is 3. The zero-order valence-electron chi connectivity index (χ0n) is 8.14. The van der Waals surface area contributed by atoms with Crippen molar-refractivity contribution in [2.24, 2.45) is 0 Å². The van der Waals surface area contributed by atoms with Gasteiger partial charge < -0.3 is 19.7 Å². The normalized spacial score (nSPS) is 37.3. The molecule has 4 unspecified atom stereocenters. The molecule has 2 N–H and O–H groups in total. The minimum Gasteiger partial charge on any atom is -0.394 e. The molecule has 5 heteroatoms. The highest BCUT2D eigenvalue weighted by Gasteiger charge is 2.28. The summed E-state index contributed by atoms with van der Waals surface area (Å²) in [6, 6.07) is 0.0784. The molecular formula is C8H17BO4. The van der Waals surface area contributed by atoms with Gasteiger partial charge in [0.2, 0.25) is 0 Å². The monoisotopic (exact) mass is 188 g/mol. The zero-order valence-corrected chi connectivity index (χ0v) is 8.14. The average Bonchev–Trinajstić information content (AvgIpc) is 2.01. The maximum atomic E-state index is 9.42. The van der Waals surface area contributed by atoms with E-state index in [1.54, 1.807) is 0 Å². The Bertz CT molecular complexity index is 151. The van der Waals surface area contributed by atoms with Gasteiger partial charge in [0, 0.05) is 18.8 Å². The maximum Gasteiger partial charge on any atom is 0.159 e. The predicted octanol–water partition coefficient (Wildman–Crippen LogP) is -1.16. The van der Waals surface area contributed by atoms with E-state index in [1.165, 1.54) is 0 Å². The van der Waals surface area contributed by atoms with Crippen LogP contribution in [0.3, 0.4) is 0 Å². The summed E-state index contributed by atoms with van der Waals surface area (Å²) in [7, 11) is 1.91. The fraction of sp³-hybridized carbons (Fsp3) is 1.00. The molecule has 4 nitrogen and oxygen atoms in total. The molecule has 4 atom stereocenters. The molecule has 1 aliphatic heterocycles. The lowest BCUT2D eigenvalue weighted by Gasteiger charge is -2.33. The van der Waals surface area contributed by atoms with Gasteiger partial charge in [-0.2, -0.15) is 0 Å². The Morgan fingerprint density at radius 1 is 1.62 bits per heavy atom. The van der Waals surface area contributed by atoms with E-state index in [4.69, 9.17) is 14.6 Å². The Labute approximate surface area is 79.3 Å². The number of aliphatic hydroxyl groups excluding tert-OH is 2. The van der Waals surface area contributed by atoms with Crippen LogP contribution in [0.4, 0.5) is 0 Å². The highest BCUT2D eigenvalue weighted by atomic mass is 16.7. The van der Waals surface area contributed by atoms with E-state index in [9.17, 15) is 5.11 Å². The summed E-state index contributed by atoms with van der Waals surface area (Å²) in [6.45, 7) is 1.85. The van der Waals surface area contributed by atoms with Crippen LogP contribution in [-0.2, 0) is 9.47 Å². The van der Waals surface area contributed by atoms with Crippen molar-refractivity contribution < 1.29 is 19.7 Å². The molecule has 0 radical (unpaired) electrons. The van der Waals surface area contributed by atoms with Gasteiger partial charge in [-0.1, -0.05) is 0 Å². The zero-order chi connectivity index (χ0) is 9.84. The lowest BCUT2D eigenvalue weighted by molar-refractivity contribution is -0.225. The van der Waals surface area contributed by atoms with Crippen molar-refractivity contribution in [1.29, 1.82) is 0 Å². The Balaban J connectivity index is 2.37. The van der Waals surface area contributed by atoms with E-state index in [0.29, 0.717) is 12.8 Å². The molecule has 1 saturated heterocycles. The maximum absolute atomic E-state index is 9.42. The van der Waals surface area contributed by atoms with Gasteiger partial charge in [-0.3, -0.25) is 0 Å². The highest BCUT2D eigenvalue weighted by Crippen LogP contribution is 2.20. The number of ether oxygens (including phenoxy) is 2. The summed E-state index contributed by atoms with van der Waals surface area (Å²) >= 11 is 0. The summed E-state index contributed by atoms with van der Waals surface area (Å²) in [5.41, 5.74) is 0. The molecule has 13 heavy (non-hydrogen) atoms. The van der Waals surface area contributed by atoms with E-state index >= 15 is 0 Å². The van der Waals surface area contributed by atoms with Crippen LogP contribution in [0, 0.1) is 0 Å². The van der Waals surface area contributed by atoms with Crippen LogP contribution in [-0.4, -0.2) is 49.2 Å². The van der Waals surface area contributed by atoms with E-state index in [0.717, 1.165) is 0 Å². The van der Waals surface area contributed by atoms with Gasteiger partial charge in [-0.25, -0.2) is 0 Å². The van der Waals surface area contributed by atoms with Crippen molar-refractivity contribution in [3.63, 3.8) is 0 Å². The van der Waals surface area contributed by atoms with E-state index < -0.39 is 6.10 Å². The summed E-state index contributed by atoms with van der Waals surface area (Å²) in [5.74, 6) is 0. The second kappa shape index (κ2) is 4.95. The molecule has 1 fully saturated rings. The fourth-order valence-corrected chi connectivity index (χ4v) is 1.46. The van der Waals surface area contributed by atoms with Gasteiger partial charge in [0.15, 0.2) is 6.29 Å². The molecule has 1 aliphatic rings. The predicted molar refractivity (Wildman–Crippen MR) is 50.1 cm³/mol. The average molecular weight is 188 g/mol. The van der Waals surface area contributed by atoms with E-state index in [-0.39, 0.29) is 25.0 Å². The molecule has 0 bridgehead atoms. The molecule has 0 aromatic carbocycles. The van der Waals surface area contributed by atoms with Gasteiger partial charge >= 0.3 is 0 Å². The van der Waals surface area contributed by atoms with Gasteiger partial charge in [0.05, 0.1) is 18.8 Å². The first-order valence-electron chi connectivity index (χ1n) is 4.71. The lowest BCUT2D eigenvalue weighted by atomic mass is 10.0. The van der Waals surface area contributed by atoms with Gasteiger partial charge in [0.25, 0.3) is 0 Å². The smallest absolute Gasteiger partial charge is 0.159 e. The van der Waals surface area contributed by atoms with Crippen LogP contribution < -0.4 is 0 Å². The first kappa shape index (κ1) is 11.0. The molecule has 0 amide bonds. The second-order valence-corrected chi connectivity index (χ2v) is 3.68. The van der Waals surface area contributed by atoms with Crippen molar-refractivity contribution in [3.05, 3.63) is 0 Å². The number of hydrogen-bond acceptors (Lipinski definition) is 4. The van der Waals surface area contributed by atoms with Gasteiger partial charge in [-0.05, 0) is 6.92 Å². The molecular weight excluding hydrogens is 171 g/mol. The van der Waals surface area contributed by atoms with Crippen molar-refractivity contribution >= 4 is 7.85 Å². The van der Waals surface area contributed by atoms with Crippen molar-refractivity contribution in [1.82, 2.24) is 0 Å². The van der Waals surface area contributed by atoms with Crippen molar-refractivity contribution in [2.45, 2.75) is 44.3 Å². The second-order valence-electron chi connectivity index (χ2n) is 3.68. The topological polar surface area (TPSA) is 58.9 Å². The lowest BCUT2D eigenvalue weighted by Crippen LogP contribution is -2.40. The molecule has 0 aromatic rings. The molecule has 0 spiro atoms. The SMILES string of the molecule is BC(C)OC1CC(O)CC(CO)O1. The van der Waals surface area contributed by atoms with Crippen LogP contribution >= 0.6 is 0 Å². The largest absolute Gasteiger partial charge is 0.394 e. The summed E-state index contributed by atoms with van der Waals surface area (Å²) in [6.07, 6.45) is -0.0913. The van der Waals surface area contributed by atoms with Gasteiger partial charge in [-0.15, -0.1) is 0 Å². The molecule has 76 valence electrons. The van der Waals surface area contributed by atoms with Crippen LogP contribution in [0.15, 0.2) is 0 Å². The van der Waals surface area contributed by atoms with Crippen LogP contribution in [0.1, 0.15) is 19.8 Å². The van der Waals surface area contributed by atoms with Crippen LogP contribution in [0.25, 0.3) is 0 Å². The Morgan fingerprint density at radius 3 is 2.85 bits per heavy atom. The first-order valence-corrected chi connectivity index (χ1v) is 4.71. The summed E-state index contributed by atoms with van der Waals surface area (Å²) in [4.78, 5) is 0. The Kier molecular flexibility index (Phi) is 4.19. The van der Waals surface area contributed by atoms with E-state index in [1.807, 2.05) is 14.8 Å². The molecule has 0 aromatic heterocycles. The molecule has 1 rings (SSSR count). The number of aliphatic hydroxyl groups is 2. The van der Waals surface area contributed by atoms with Crippen LogP contribution in [0.5, 0.6) is 0 Å². The quantitative estimate of drug-likeness (QED) is 0.548. The summed E-state index contributed by atoms with van der Waals surface area (Å²) < 4.78 is 10.8. The molecule has 1 heterocycles. The molecule has 0 saturated carbocycles. The third-order valence-corrected chi connectivity index (χ3v) is 1.97. The first-order chi connectivity index (χ1) is 6.11. The van der Waals surface area contributed by atoms with E-state index in [2.05, 4.69) is 0 Å². The third-order valence-electron chi connectivity index (χ3n) is 1.97. The van der Waals surface area contributed by atoms with Crippen LogP contribution in [0.2, 0.25) is 0 Å². The Hall–Kier alpha value is -0.0951. The standard InChI is InChI=1S/C8H17BO4/c1-5(9)12-8-3-6(11)2-7(4-10)13-8/h5-8,10-11H,2-4,9H2,1H3. The fourth-order valence-electron chi connectivity index (χ4n) is 1.46. The third kappa shape index (κ3) is 3.64. The van der Waals surface area contributed by atoms with Crippen molar-refractivity contribution in [2.75, 3.05) is 6.61 Å².